The molecule has 0 saturated heterocycles. The Bertz CT molecular complexity index is 1820. The van der Waals surface area contributed by atoms with E-state index in [4.69, 9.17) is 16.6 Å². The van der Waals surface area contributed by atoms with Crippen molar-refractivity contribution < 1.29 is 4.79 Å². The molecule has 6 aromatic rings. The predicted molar refractivity (Wildman–Crippen MR) is 157 cm³/mol. The highest BCUT2D eigenvalue weighted by atomic mass is 35.5. The van der Waals surface area contributed by atoms with Crippen molar-refractivity contribution in [2.24, 2.45) is 0 Å². The van der Waals surface area contributed by atoms with Crippen LogP contribution < -0.4 is 16.1 Å². The van der Waals surface area contributed by atoms with E-state index in [2.05, 4.69) is 15.7 Å². The highest BCUT2D eigenvalue weighted by Gasteiger charge is 2.13. The Morgan fingerprint density at radius 1 is 0.895 bits per heavy atom. The van der Waals surface area contributed by atoms with Gasteiger partial charge in [0.15, 0.2) is 5.65 Å². The van der Waals surface area contributed by atoms with Gasteiger partial charge in [0.05, 0.1) is 5.69 Å². The zero-order chi connectivity index (χ0) is 26.1. The van der Waals surface area contributed by atoms with Gasteiger partial charge in [-0.25, -0.2) is 4.98 Å². The van der Waals surface area contributed by atoms with Crippen molar-refractivity contribution in [1.82, 2.24) is 14.6 Å². The van der Waals surface area contributed by atoms with Gasteiger partial charge in [-0.1, -0.05) is 72.3 Å². The van der Waals surface area contributed by atoms with Crippen molar-refractivity contribution in [1.29, 1.82) is 0 Å². The van der Waals surface area contributed by atoms with E-state index in [1.165, 1.54) is 0 Å². The SMILES string of the molecule is Bc1cnn2c(NCc3cccc(NC(=O)c4ccc5ccccc5c4)c3)cc(-c3ccccc3Cl)nc12. The molecule has 0 radical (unpaired) electrons. The minimum atomic E-state index is -0.145. The molecular formula is C30H23BClN5O. The largest absolute Gasteiger partial charge is 0.366 e. The molecule has 2 heterocycles. The third kappa shape index (κ3) is 4.72. The Hall–Kier alpha value is -4.62. The van der Waals surface area contributed by atoms with E-state index in [9.17, 15) is 4.79 Å². The Morgan fingerprint density at radius 3 is 2.58 bits per heavy atom. The minimum absolute atomic E-state index is 0.145. The lowest BCUT2D eigenvalue weighted by molar-refractivity contribution is 0.102. The number of hydrogen-bond acceptors (Lipinski definition) is 4. The van der Waals surface area contributed by atoms with Crippen LogP contribution in [-0.2, 0) is 6.54 Å². The van der Waals surface area contributed by atoms with Crippen molar-refractivity contribution in [3.63, 3.8) is 0 Å². The fourth-order valence-corrected chi connectivity index (χ4v) is 4.72. The molecule has 0 aliphatic carbocycles. The molecular weight excluding hydrogens is 493 g/mol. The zero-order valence-electron chi connectivity index (χ0n) is 20.6. The van der Waals surface area contributed by atoms with E-state index in [1.807, 2.05) is 105 Å². The van der Waals surface area contributed by atoms with Gasteiger partial charge in [0.25, 0.3) is 5.91 Å². The highest BCUT2D eigenvalue weighted by Crippen LogP contribution is 2.28. The van der Waals surface area contributed by atoms with Gasteiger partial charge >= 0.3 is 0 Å². The molecule has 0 aliphatic heterocycles. The number of amides is 1. The molecule has 6 nitrogen and oxygen atoms in total. The van der Waals surface area contributed by atoms with Gasteiger partial charge in [0, 0.05) is 40.6 Å². The van der Waals surface area contributed by atoms with Crippen molar-refractivity contribution in [2.75, 3.05) is 10.6 Å². The second kappa shape index (κ2) is 10.0. The summed E-state index contributed by atoms with van der Waals surface area (Å²) in [5.74, 6) is 0.650. The van der Waals surface area contributed by atoms with Crippen LogP contribution in [-0.4, -0.2) is 28.4 Å². The number of benzene rings is 4. The van der Waals surface area contributed by atoms with Crippen LogP contribution in [0.2, 0.25) is 5.02 Å². The van der Waals surface area contributed by atoms with Crippen molar-refractivity contribution in [3.8, 4) is 11.3 Å². The van der Waals surface area contributed by atoms with Crippen molar-refractivity contribution >= 4 is 58.7 Å². The molecule has 2 N–H and O–H groups in total. The summed E-state index contributed by atoms with van der Waals surface area (Å²) in [6.07, 6.45) is 1.80. The van der Waals surface area contributed by atoms with E-state index in [1.54, 1.807) is 10.7 Å². The summed E-state index contributed by atoms with van der Waals surface area (Å²) >= 11 is 6.46. The number of carbonyl (C=O) groups excluding carboxylic acids is 1. The number of rotatable bonds is 6. The summed E-state index contributed by atoms with van der Waals surface area (Å²) in [4.78, 5) is 17.7. The number of aromatic nitrogens is 3. The number of hydrogen-bond donors (Lipinski definition) is 2. The molecule has 6 rings (SSSR count). The van der Waals surface area contributed by atoms with E-state index in [-0.39, 0.29) is 5.91 Å². The minimum Gasteiger partial charge on any atom is -0.366 e. The van der Waals surface area contributed by atoms with Crippen LogP contribution in [0.15, 0.2) is 103 Å². The first-order valence-corrected chi connectivity index (χ1v) is 12.7. The van der Waals surface area contributed by atoms with Gasteiger partial charge in [-0.2, -0.15) is 9.61 Å². The topological polar surface area (TPSA) is 71.3 Å². The molecule has 0 unspecified atom stereocenters. The first-order chi connectivity index (χ1) is 18.5. The van der Waals surface area contributed by atoms with Crippen LogP contribution in [0.25, 0.3) is 27.7 Å². The lowest BCUT2D eigenvalue weighted by Gasteiger charge is -2.13. The molecule has 38 heavy (non-hydrogen) atoms. The fourth-order valence-electron chi connectivity index (χ4n) is 4.49. The highest BCUT2D eigenvalue weighted by molar-refractivity contribution is 6.36. The number of carbonyl (C=O) groups is 1. The molecule has 0 atom stereocenters. The number of nitrogens with zero attached hydrogens (tertiary/aromatic N) is 3. The van der Waals surface area contributed by atoms with Crippen LogP contribution in [0.4, 0.5) is 11.5 Å². The summed E-state index contributed by atoms with van der Waals surface area (Å²) in [7, 11) is 1.98. The van der Waals surface area contributed by atoms with Gasteiger partial charge in [-0.3, -0.25) is 4.79 Å². The lowest BCUT2D eigenvalue weighted by atomic mass is 10.0. The van der Waals surface area contributed by atoms with Gasteiger partial charge < -0.3 is 10.6 Å². The average molecular weight is 516 g/mol. The van der Waals surface area contributed by atoms with E-state index in [0.717, 1.165) is 50.2 Å². The first kappa shape index (κ1) is 23.8. The Morgan fingerprint density at radius 2 is 1.71 bits per heavy atom. The van der Waals surface area contributed by atoms with Gasteiger partial charge in [0.2, 0.25) is 0 Å². The molecule has 8 heteroatoms. The number of nitrogens with one attached hydrogen (secondary N) is 2. The quantitative estimate of drug-likeness (QED) is 0.294. The van der Waals surface area contributed by atoms with Crippen molar-refractivity contribution in [3.05, 3.63) is 119 Å². The van der Waals surface area contributed by atoms with Crippen LogP contribution in [0.5, 0.6) is 0 Å². The predicted octanol–water partition coefficient (Wildman–Crippen LogP) is 5.33. The van der Waals surface area contributed by atoms with Crippen LogP contribution in [0.3, 0.4) is 0 Å². The smallest absolute Gasteiger partial charge is 0.255 e. The fraction of sp³-hybridized carbons (Fsp3) is 0.0333. The normalized spacial score (nSPS) is 11.1. The third-order valence-electron chi connectivity index (χ3n) is 6.47. The molecule has 0 fully saturated rings. The Balaban J connectivity index is 1.23. The second-order valence-electron chi connectivity index (χ2n) is 9.14. The summed E-state index contributed by atoms with van der Waals surface area (Å²) in [5.41, 5.74) is 5.72. The van der Waals surface area contributed by atoms with Gasteiger partial charge in [-0.15, -0.1) is 0 Å². The third-order valence-corrected chi connectivity index (χ3v) is 6.80. The maximum atomic E-state index is 12.9. The monoisotopic (exact) mass is 515 g/mol. The summed E-state index contributed by atoms with van der Waals surface area (Å²) in [6, 6.07) is 31.1. The Labute approximate surface area is 225 Å². The maximum absolute atomic E-state index is 12.9. The summed E-state index contributed by atoms with van der Waals surface area (Å²) < 4.78 is 1.79. The maximum Gasteiger partial charge on any atom is 0.255 e. The van der Waals surface area contributed by atoms with Gasteiger partial charge in [0.1, 0.15) is 13.7 Å². The molecule has 4 aromatic carbocycles. The van der Waals surface area contributed by atoms with Crippen LogP contribution in [0, 0.1) is 0 Å². The molecule has 0 bridgehead atoms. The molecule has 2 aromatic heterocycles. The summed E-state index contributed by atoms with van der Waals surface area (Å²) in [5, 5.41) is 13.8. The lowest BCUT2D eigenvalue weighted by Crippen LogP contribution is -2.12. The standard InChI is InChI=1S/C30H23BClN5O/c31-25-18-34-37-28(16-27(36-29(25)37)24-10-3-4-11-26(24)32)33-17-19-6-5-9-23(14-19)35-30(38)22-13-12-20-7-1-2-8-21(20)15-22/h1-16,18,33H,17,31H2,(H,35,38). The molecule has 0 spiro atoms. The van der Waals surface area contributed by atoms with Gasteiger partial charge in [-0.05, 0) is 52.1 Å². The molecule has 0 saturated carbocycles. The number of anilines is 2. The van der Waals surface area contributed by atoms with E-state index in [0.29, 0.717) is 17.1 Å². The average Bonchev–Trinajstić information content (AvgIpc) is 3.32. The zero-order valence-corrected chi connectivity index (χ0v) is 21.4. The van der Waals surface area contributed by atoms with Crippen LogP contribution in [0.1, 0.15) is 15.9 Å². The Kier molecular flexibility index (Phi) is 6.27. The number of fused-ring (bicyclic) bond motifs is 2. The molecule has 0 aliphatic rings. The summed E-state index contributed by atoms with van der Waals surface area (Å²) in [6.45, 7) is 0.527. The molecule has 184 valence electrons. The van der Waals surface area contributed by atoms with Crippen molar-refractivity contribution in [2.45, 2.75) is 6.54 Å². The van der Waals surface area contributed by atoms with Crippen LogP contribution >= 0.6 is 11.6 Å². The van der Waals surface area contributed by atoms with E-state index < -0.39 is 0 Å². The van der Waals surface area contributed by atoms with E-state index >= 15 is 0 Å². The molecule has 1 amide bonds. The first-order valence-electron chi connectivity index (χ1n) is 12.3. The number of halogens is 1. The second-order valence-corrected chi connectivity index (χ2v) is 9.55.